The van der Waals surface area contributed by atoms with E-state index in [9.17, 15) is 14.9 Å². The van der Waals surface area contributed by atoms with Gasteiger partial charge >= 0.3 is 5.97 Å². The second-order valence-corrected chi connectivity index (χ2v) is 7.16. The third-order valence-corrected chi connectivity index (χ3v) is 5.55. The number of nitrogens with zero attached hydrogens (tertiary/aromatic N) is 2. The molecule has 2 heterocycles. The Labute approximate surface area is 157 Å². The summed E-state index contributed by atoms with van der Waals surface area (Å²) >= 11 is 12.9. The second kappa shape index (κ2) is 7.40. The molecule has 0 bridgehead atoms. The van der Waals surface area contributed by atoms with Crippen molar-refractivity contribution >= 4 is 51.4 Å². The smallest absolute Gasteiger partial charge is 0.340 e. The summed E-state index contributed by atoms with van der Waals surface area (Å²) < 4.78 is 4.94. The Kier molecular flexibility index (Phi) is 5.23. The molecule has 2 aromatic rings. The molecule has 0 spiro atoms. The van der Waals surface area contributed by atoms with E-state index >= 15 is 0 Å². The number of hydrogen-bond donors (Lipinski definition) is 1. The summed E-state index contributed by atoms with van der Waals surface area (Å²) in [5, 5.41) is 12.6. The van der Waals surface area contributed by atoms with Crippen LogP contribution in [0.1, 0.15) is 32.8 Å². The molecule has 1 aliphatic carbocycles. The van der Waals surface area contributed by atoms with E-state index in [1.54, 1.807) is 0 Å². The topological polar surface area (TPSA) is 92.1 Å². The Morgan fingerprint density at radius 3 is 2.92 bits per heavy atom. The largest absolute Gasteiger partial charge is 0.452 e. The number of ether oxygens (including phenoxy) is 1. The zero-order valence-electron chi connectivity index (χ0n) is 12.8. The van der Waals surface area contributed by atoms with Crippen molar-refractivity contribution in [1.29, 1.82) is 5.26 Å². The lowest BCUT2D eigenvalue weighted by Gasteiger charge is -2.06. The normalized spacial score (nSPS) is 12.4. The molecule has 1 aliphatic rings. The Hall–Kier alpha value is -2.14. The lowest BCUT2D eigenvalue weighted by molar-refractivity contribution is -0.119. The molecule has 0 fully saturated rings. The maximum absolute atomic E-state index is 12.0. The van der Waals surface area contributed by atoms with Crippen LogP contribution in [-0.4, -0.2) is 23.5 Å². The number of fused-ring (bicyclic) bond motifs is 1. The average molecular weight is 396 g/mol. The predicted molar refractivity (Wildman–Crippen MR) is 94.2 cm³/mol. The average Bonchev–Trinajstić information content (AvgIpc) is 3.15. The van der Waals surface area contributed by atoms with Crippen LogP contribution in [0.3, 0.4) is 0 Å². The van der Waals surface area contributed by atoms with Crippen LogP contribution in [0.25, 0.3) is 0 Å². The molecule has 0 aromatic carbocycles. The second-order valence-electron chi connectivity index (χ2n) is 5.29. The molecular weight excluding hydrogens is 385 g/mol. The first kappa shape index (κ1) is 17.7. The summed E-state index contributed by atoms with van der Waals surface area (Å²) in [7, 11) is 0. The lowest BCUT2D eigenvalue weighted by atomic mass is 10.1. The third-order valence-electron chi connectivity index (χ3n) is 3.65. The van der Waals surface area contributed by atoms with Crippen molar-refractivity contribution in [2.45, 2.75) is 19.3 Å². The summed E-state index contributed by atoms with van der Waals surface area (Å²) in [5.74, 6) is -1.26. The number of carbonyl (C=O) groups excluding carboxylic acids is 2. The van der Waals surface area contributed by atoms with E-state index in [4.69, 9.17) is 27.9 Å². The Bertz CT molecular complexity index is 905. The molecule has 0 radical (unpaired) electrons. The van der Waals surface area contributed by atoms with Crippen LogP contribution in [0.5, 0.6) is 0 Å². The van der Waals surface area contributed by atoms with Crippen LogP contribution in [0.2, 0.25) is 10.2 Å². The molecule has 1 N–H and O–H groups in total. The van der Waals surface area contributed by atoms with Crippen LogP contribution in [0.4, 0.5) is 5.00 Å². The van der Waals surface area contributed by atoms with Crippen molar-refractivity contribution in [3.63, 3.8) is 0 Å². The Balaban J connectivity index is 1.61. The monoisotopic (exact) mass is 395 g/mol. The minimum absolute atomic E-state index is 0.0748. The predicted octanol–water partition coefficient (Wildman–Crippen LogP) is 3.61. The van der Waals surface area contributed by atoms with E-state index in [-0.39, 0.29) is 15.7 Å². The van der Waals surface area contributed by atoms with Gasteiger partial charge in [-0.1, -0.05) is 23.2 Å². The maximum Gasteiger partial charge on any atom is 0.340 e. The van der Waals surface area contributed by atoms with Crippen LogP contribution in [-0.2, 0) is 22.4 Å². The molecule has 0 saturated carbocycles. The molecule has 1 amide bonds. The molecule has 6 nitrogen and oxygen atoms in total. The molecule has 9 heteroatoms. The van der Waals surface area contributed by atoms with Crippen LogP contribution in [0.15, 0.2) is 12.3 Å². The highest BCUT2D eigenvalue weighted by Crippen LogP contribution is 2.38. The van der Waals surface area contributed by atoms with Crippen molar-refractivity contribution in [3.05, 3.63) is 44.0 Å². The highest BCUT2D eigenvalue weighted by Gasteiger charge is 2.23. The van der Waals surface area contributed by atoms with E-state index in [2.05, 4.69) is 16.4 Å². The van der Waals surface area contributed by atoms with Crippen LogP contribution >= 0.6 is 34.5 Å². The van der Waals surface area contributed by atoms with E-state index in [0.29, 0.717) is 10.6 Å². The number of aromatic nitrogens is 1. The first-order valence-electron chi connectivity index (χ1n) is 7.32. The van der Waals surface area contributed by atoms with Crippen LogP contribution in [0, 0.1) is 11.3 Å². The van der Waals surface area contributed by atoms with Crippen molar-refractivity contribution in [2.75, 3.05) is 11.9 Å². The highest BCUT2D eigenvalue weighted by atomic mass is 35.5. The Morgan fingerprint density at radius 1 is 1.40 bits per heavy atom. The molecular formula is C16H11Cl2N3O3S. The molecule has 0 saturated heterocycles. The van der Waals surface area contributed by atoms with Gasteiger partial charge in [0.05, 0.1) is 16.1 Å². The zero-order chi connectivity index (χ0) is 18.0. The van der Waals surface area contributed by atoms with Gasteiger partial charge in [-0.25, -0.2) is 9.78 Å². The van der Waals surface area contributed by atoms with Crippen molar-refractivity contribution in [2.24, 2.45) is 0 Å². The van der Waals surface area contributed by atoms with Gasteiger partial charge in [0, 0.05) is 11.1 Å². The van der Waals surface area contributed by atoms with E-state index in [1.165, 1.54) is 23.6 Å². The molecule has 2 aromatic heterocycles. The van der Waals surface area contributed by atoms with Gasteiger partial charge in [-0.15, -0.1) is 11.3 Å². The number of anilines is 1. The molecule has 3 rings (SSSR count). The summed E-state index contributed by atoms with van der Waals surface area (Å²) in [5.41, 5.74) is 1.61. The van der Waals surface area contributed by atoms with E-state index in [0.717, 1.165) is 29.7 Å². The van der Waals surface area contributed by atoms with Gasteiger partial charge in [0.2, 0.25) is 0 Å². The summed E-state index contributed by atoms with van der Waals surface area (Å²) in [6, 6.07) is 3.45. The first-order chi connectivity index (χ1) is 12.0. The van der Waals surface area contributed by atoms with Gasteiger partial charge < -0.3 is 10.1 Å². The first-order valence-corrected chi connectivity index (χ1v) is 8.89. The van der Waals surface area contributed by atoms with E-state index in [1.807, 2.05) is 0 Å². The fourth-order valence-electron chi connectivity index (χ4n) is 2.52. The van der Waals surface area contributed by atoms with Crippen molar-refractivity contribution in [3.8, 4) is 6.07 Å². The standard InChI is InChI=1S/C16H11Cl2N3O3S/c17-11-4-8(6-20-14(11)18)16(23)24-7-13(22)21-15-10(5-19)9-2-1-3-12(9)25-15/h4,6H,1-3,7H2,(H,21,22). The van der Waals surface area contributed by atoms with Gasteiger partial charge in [0.15, 0.2) is 6.61 Å². The number of halogens is 2. The third kappa shape index (κ3) is 3.76. The number of hydrogen-bond acceptors (Lipinski definition) is 6. The number of nitrogens with one attached hydrogen (secondary N) is 1. The number of aryl methyl sites for hydroxylation is 1. The fraction of sp³-hybridized carbons (Fsp3) is 0.250. The molecule has 25 heavy (non-hydrogen) atoms. The number of nitriles is 1. The lowest BCUT2D eigenvalue weighted by Crippen LogP contribution is -2.21. The number of esters is 1. The van der Waals surface area contributed by atoms with Gasteiger partial charge in [-0.05, 0) is 30.9 Å². The van der Waals surface area contributed by atoms with Crippen molar-refractivity contribution in [1.82, 2.24) is 4.98 Å². The molecule has 0 atom stereocenters. The van der Waals surface area contributed by atoms with Gasteiger partial charge in [-0.2, -0.15) is 5.26 Å². The fourth-order valence-corrected chi connectivity index (χ4v) is 4.05. The number of thiophene rings is 1. The van der Waals surface area contributed by atoms with Gasteiger partial charge in [0.1, 0.15) is 16.2 Å². The summed E-state index contributed by atoms with van der Waals surface area (Å²) in [4.78, 5) is 28.8. The number of carbonyl (C=O) groups is 2. The highest BCUT2D eigenvalue weighted by molar-refractivity contribution is 7.16. The summed E-state index contributed by atoms with van der Waals surface area (Å²) in [6.45, 7) is -0.480. The molecule has 0 unspecified atom stereocenters. The minimum atomic E-state index is -0.740. The zero-order valence-corrected chi connectivity index (χ0v) is 15.1. The number of pyridine rings is 1. The molecule has 128 valence electrons. The number of amides is 1. The van der Waals surface area contributed by atoms with Gasteiger partial charge in [0.25, 0.3) is 5.91 Å². The summed E-state index contributed by atoms with van der Waals surface area (Å²) in [6.07, 6.45) is 4.01. The van der Waals surface area contributed by atoms with E-state index < -0.39 is 18.5 Å². The molecule has 0 aliphatic heterocycles. The number of rotatable bonds is 4. The minimum Gasteiger partial charge on any atom is -0.452 e. The SMILES string of the molecule is N#Cc1c(NC(=O)COC(=O)c2cnc(Cl)c(Cl)c2)sc2c1CCC2. The van der Waals surface area contributed by atoms with Crippen molar-refractivity contribution < 1.29 is 14.3 Å². The quantitative estimate of drug-likeness (QED) is 0.630. The maximum atomic E-state index is 12.0. The van der Waals surface area contributed by atoms with Gasteiger partial charge in [-0.3, -0.25) is 4.79 Å². The Morgan fingerprint density at radius 2 is 2.20 bits per heavy atom. The van der Waals surface area contributed by atoms with Crippen LogP contribution < -0.4 is 5.32 Å².